The van der Waals surface area contributed by atoms with Gasteiger partial charge in [0.1, 0.15) is 5.75 Å². The molecule has 1 aromatic carbocycles. The Balaban J connectivity index is 1.77. The molecular weight excluding hydrogens is 278 g/mol. The van der Waals surface area contributed by atoms with Crippen LogP contribution in [0.15, 0.2) is 22.7 Å². The van der Waals surface area contributed by atoms with Gasteiger partial charge in [0.15, 0.2) is 0 Å². The summed E-state index contributed by atoms with van der Waals surface area (Å²) < 4.78 is 6.86. The fourth-order valence-corrected chi connectivity index (χ4v) is 2.81. The second-order valence-corrected chi connectivity index (χ2v) is 5.57. The van der Waals surface area contributed by atoms with Crippen LogP contribution in [0.3, 0.4) is 0 Å². The first-order chi connectivity index (χ1) is 8.25. The lowest BCUT2D eigenvalue weighted by Crippen LogP contribution is -2.35. The van der Waals surface area contributed by atoms with Crippen molar-refractivity contribution in [3.05, 3.63) is 28.2 Å². The van der Waals surface area contributed by atoms with Gasteiger partial charge in [0.25, 0.3) is 0 Å². The fourth-order valence-electron chi connectivity index (χ4n) is 2.20. The first-order valence-electron chi connectivity index (χ1n) is 6.38. The van der Waals surface area contributed by atoms with E-state index in [0.717, 1.165) is 23.2 Å². The number of halogens is 1. The Morgan fingerprint density at radius 2 is 2.29 bits per heavy atom. The molecule has 2 nitrogen and oxygen atoms in total. The van der Waals surface area contributed by atoms with Gasteiger partial charge in [0.2, 0.25) is 0 Å². The minimum Gasteiger partial charge on any atom is -0.492 e. The SMILES string of the molecule is Cc1ccc(OCC[C@H]2CCCCN2)c(Br)c1. The smallest absolute Gasteiger partial charge is 0.133 e. The van der Waals surface area contributed by atoms with Gasteiger partial charge in [-0.15, -0.1) is 0 Å². The molecule has 1 aliphatic heterocycles. The zero-order chi connectivity index (χ0) is 12.1. The van der Waals surface area contributed by atoms with E-state index in [1.165, 1.54) is 31.4 Å². The number of nitrogens with one attached hydrogen (secondary N) is 1. The molecule has 1 N–H and O–H groups in total. The number of ether oxygens (including phenoxy) is 1. The van der Waals surface area contributed by atoms with E-state index in [1.807, 2.05) is 6.07 Å². The maximum Gasteiger partial charge on any atom is 0.133 e. The van der Waals surface area contributed by atoms with Crippen LogP contribution in [-0.4, -0.2) is 19.2 Å². The van der Waals surface area contributed by atoms with Crippen LogP contribution < -0.4 is 10.1 Å². The first kappa shape index (κ1) is 12.9. The Bertz CT molecular complexity index is 361. The third-order valence-electron chi connectivity index (χ3n) is 3.22. The van der Waals surface area contributed by atoms with Crippen LogP contribution in [0.1, 0.15) is 31.2 Å². The summed E-state index contributed by atoms with van der Waals surface area (Å²) in [5, 5.41) is 3.54. The number of hydrogen-bond donors (Lipinski definition) is 1. The molecular formula is C14H20BrNO. The Kier molecular flexibility index (Phi) is 4.86. The molecule has 1 aromatic rings. The summed E-state index contributed by atoms with van der Waals surface area (Å²) >= 11 is 3.53. The maximum absolute atomic E-state index is 5.81. The van der Waals surface area contributed by atoms with Crippen molar-refractivity contribution in [1.82, 2.24) is 5.32 Å². The van der Waals surface area contributed by atoms with Gasteiger partial charge >= 0.3 is 0 Å². The molecule has 3 heteroatoms. The standard InChI is InChI=1S/C14H20BrNO/c1-11-5-6-14(13(15)10-11)17-9-7-12-4-2-3-8-16-12/h5-6,10,12,16H,2-4,7-9H2,1H3/t12-/m1/s1. The normalized spacial score (nSPS) is 20.2. The summed E-state index contributed by atoms with van der Waals surface area (Å²) in [5.41, 5.74) is 1.25. The molecule has 0 bridgehead atoms. The van der Waals surface area contributed by atoms with Gasteiger partial charge in [-0.3, -0.25) is 0 Å². The highest BCUT2D eigenvalue weighted by atomic mass is 79.9. The lowest BCUT2D eigenvalue weighted by Gasteiger charge is -2.23. The van der Waals surface area contributed by atoms with Crippen molar-refractivity contribution in [2.75, 3.05) is 13.2 Å². The summed E-state index contributed by atoms with van der Waals surface area (Å²) in [6.45, 7) is 4.04. The second kappa shape index (κ2) is 6.41. The van der Waals surface area contributed by atoms with Crippen LogP contribution in [0.4, 0.5) is 0 Å². The average Bonchev–Trinajstić information content (AvgIpc) is 2.33. The molecule has 0 amide bonds. The Morgan fingerprint density at radius 1 is 1.41 bits per heavy atom. The molecule has 1 saturated heterocycles. The molecule has 2 rings (SSSR count). The predicted octanol–water partition coefficient (Wildman–Crippen LogP) is 3.67. The van der Waals surface area contributed by atoms with E-state index in [9.17, 15) is 0 Å². The lowest BCUT2D eigenvalue weighted by molar-refractivity contribution is 0.267. The molecule has 1 atom stereocenters. The Labute approximate surface area is 112 Å². The van der Waals surface area contributed by atoms with Crippen LogP contribution in [0.5, 0.6) is 5.75 Å². The first-order valence-corrected chi connectivity index (χ1v) is 7.17. The predicted molar refractivity (Wildman–Crippen MR) is 74.6 cm³/mol. The van der Waals surface area contributed by atoms with Crippen molar-refractivity contribution >= 4 is 15.9 Å². The molecule has 0 aromatic heterocycles. The van der Waals surface area contributed by atoms with E-state index in [4.69, 9.17) is 4.74 Å². The molecule has 0 aliphatic carbocycles. The summed E-state index contributed by atoms with van der Waals surface area (Å²) in [4.78, 5) is 0. The van der Waals surface area contributed by atoms with Crippen LogP contribution >= 0.6 is 15.9 Å². The van der Waals surface area contributed by atoms with Gasteiger partial charge < -0.3 is 10.1 Å². The van der Waals surface area contributed by atoms with Crippen molar-refractivity contribution < 1.29 is 4.74 Å². The quantitative estimate of drug-likeness (QED) is 0.916. The Morgan fingerprint density at radius 3 is 3.00 bits per heavy atom. The van der Waals surface area contributed by atoms with E-state index < -0.39 is 0 Å². The van der Waals surface area contributed by atoms with E-state index in [0.29, 0.717) is 6.04 Å². The van der Waals surface area contributed by atoms with Gasteiger partial charge in [-0.05, 0) is 66.4 Å². The third kappa shape index (κ3) is 4.00. The van der Waals surface area contributed by atoms with E-state index >= 15 is 0 Å². The van der Waals surface area contributed by atoms with Gasteiger partial charge in [0.05, 0.1) is 11.1 Å². The summed E-state index contributed by atoms with van der Waals surface area (Å²) in [6.07, 6.45) is 5.06. The van der Waals surface area contributed by atoms with Gasteiger partial charge in [-0.25, -0.2) is 0 Å². The highest BCUT2D eigenvalue weighted by molar-refractivity contribution is 9.10. The van der Waals surface area contributed by atoms with Gasteiger partial charge in [-0.2, -0.15) is 0 Å². The number of rotatable bonds is 4. The topological polar surface area (TPSA) is 21.3 Å². The molecule has 17 heavy (non-hydrogen) atoms. The molecule has 0 spiro atoms. The number of benzene rings is 1. The third-order valence-corrected chi connectivity index (χ3v) is 3.84. The van der Waals surface area contributed by atoms with E-state index in [1.54, 1.807) is 0 Å². The lowest BCUT2D eigenvalue weighted by atomic mass is 10.0. The van der Waals surface area contributed by atoms with Crippen molar-refractivity contribution in [1.29, 1.82) is 0 Å². The summed E-state index contributed by atoms with van der Waals surface area (Å²) in [7, 11) is 0. The molecule has 94 valence electrons. The van der Waals surface area contributed by atoms with Crippen molar-refractivity contribution in [2.45, 2.75) is 38.6 Å². The molecule has 0 unspecified atom stereocenters. The van der Waals surface area contributed by atoms with Crippen molar-refractivity contribution in [2.24, 2.45) is 0 Å². The van der Waals surface area contributed by atoms with Crippen molar-refractivity contribution in [3.63, 3.8) is 0 Å². The summed E-state index contributed by atoms with van der Waals surface area (Å²) in [5.74, 6) is 0.950. The van der Waals surface area contributed by atoms with Crippen LogP contribution in [0.2, 0.25) is 0 Å². The van der Waals surface area contributed by atoms with Gasteiger partial charge in [0, 0.05) is 6.04 Å². The average molecular weight is 298 g/mol. The molecule has 1 heterocycles. The highest BCUT2D eigenvalue weighted by Crippen LogP contribution is 2.26. The monoisotopic (exact) mass is 297 g/mol. The highest BCUT2D eigenvalue weighted by Gasteiger charge is 2.12. The second-order valence-electron chi connectivity index (χ2n) is 4.72. The zero-order valence-electron chi connectivity index (χ0n) is 10.3. The number of hydrogen-bond acceptors (Lipinski definition) is 2. The van der Waals surface area contributed by atoms with Crippen LogP contribution in [0.25, 0.3) is 0 Å². The minimum absolute atomic E-state index is 0.646. The fraction of sp³-hybridized carbons (Fsp3) is 0.571. The van der Waals surface area contributed by atoms with E-state index in [2.05, 4.69) is 40.3 Å². The molecule has 0 radical (unpaired) electrons. The maximum atomic E-state index is 5.81. The molecule has 1 fully saturated rings. The number of aryl methyl sites for hydroxylation is 1. The minimum atomic E-state index is 0.646. The summed E-state index contributed by atoms with van der Waals surface area (Å²) in [6, 6.07) is 6.86. The van der Waals surface area contributed by atoms with Gasteiger partial charge in [-0.1, -0.05) is 12.5 Å². The zero-order valence-corrected chi connectivity index (χ0v) is 11.9. The van der Waals surface area contributed by atoms with Crippen LogP contribution in [-0.2, 0) is 0 Å². The van der Waals surface area contributed by atoms with E-state index in [-0.39, 0.29) is 0 Å². The Hall–Kier alpha value is -0.540. The molecule has 1 aliphatic rings. The number of piperidine rings is 1. The van der Waals surface area contributed by atoms with Crippen molar-refractivity contribution in [3.8, 4) is 5.75 Å². The molecule has 0 saturated carbocycles. The largest absolute Gasteiger partial charge is 0.492 e. The van der Waals surface area contributed by atoms with Crippen LogP contribution in [0, 0.1) is 6.92 Å².